The van der Waals surface area contributed by atoms with Crippen molar-refractivity contribution in [1.29, 1.82) is 0 Å². The van der Waals surface area contributed by atoms with Crippen LogP contribution < -0.4 is 0 Å². The summed E-state index contributed by atoms with van der Waals surface area (Å²) in [6.07, 6.45) is 0. The molecule has 0 unspecified atom stereocenters. The van der Waals surface area contributed by atoms with E-state index in [1.54, 1.807) is 10.6 Å². The Kier molecular flexibility index (Phi) is 2.31. The maximum absolute atomic E-state index is 5.92. The molecule has 3 aromatic rings. The molecule has 1 N–H and O–H groups in total. The van der Waals surface area contributed by atoms with Crippen molar-refractivity contribution in [2.75, 3.05) is 0 Å². The number of benzene rings is 1. The second-order valence-corrected chi connectivity index (χ2v) is 4.53. The third-order valence-electron chi connectivity index (χ3n) is 2.58. The van der Waals surface area contributed by atoms with E-state index in [-0.39, 0.29) is 0 Å². The summed E-state index contributed by atoms with van der Waals surface area (Å²) in [7, 11) is 1.83. The minimum absolute atomic E-state index is 0.554. The van der Waals surface area contributed by atoms with Gasteiger partial charge in [0.05, 0.1) is 0 Å². The van der Waals surface area contributed by atoms with E-state index in [2.05, 4.69) is 10.2 Å². The van der Waals surface area contributed by atoms with Gasteiger partial charge in [-0.1, -0.05) is 11.6 Å². The summed E-state index contributed by atoms with van der Waals surface area (Å²) < 4.78 is 8.01. The number of hydrogen-bond acceptors (Lipinski definition) is 3. The molecule has 3 rings (SSSR count). The van der Waals surface area contributed by atoms with Crippen molar-refractivity contribution in [3.8, 4) is 11.6 Å². The quantitative estimate of drug-likeness (QED) is 0.685. The number of hydrogen-bond donors (Lipinski definition) is 1. The van der Waals surface area contributed by atoms with Crippen molar-refractivity contribution in [3.63, 3.8) is 0 Å². The lowest BCUT2D eigenvalue weighted by Gasteiger charge is -1.93. The number of fused-ring (bicyclic) bond motifs is 1. The maximum Gasteiger partial charge on any atom is 0.198 e. The van der Waals surface area contributed by atoms with Crippen molar-refractivity contribution < 1.29 is 4.42 Å². The predicted molar refractivity (Wildman–Crippen MR) is 68.6 cm³/mol. The topological polar surface area (TPSA) is 46.8 Å². The van der Waals surface area contributed by atoms with E-state index in [0.29, 0.717) is 21.4 Å². The van der Waals surface area contributed by atoms with Crippen molar-refractivity contribution in [3.05, 3.63) is 34.1 Å². The Labute approximate surface area is 107 Å². The number of aromatic nitrogens is 3. The van der Waals surface area contributed by atoms with E-state index in [9.17, 15) is 0 Å². The molecular weight excluding hydrogens is 258 g/mol. The molecule has 86 valence electrons. The van der Waals surface area contributed by atoms with Gasteiger partial charge in [0.1, 0.15) is 5.58 Å². The lowest BCUT2D eigenvalue weighted by molar-refractivity contribution is 0.620. The van der Waals surface area contributed by atoms with Gasteiger partial charge in [-0.05, 0) is 36.5 Å². The van der Waals surface area contributed by atoms with Crippen LogP contribution >= 0.6 is 23.8 Å². The van der Waals surface area contributed by atoms with Crippen molar-refractivity contribution >= 4 is 34.8 Å². The molecule has 0 saturated carbocycles. The molecule has 6 heteroatoms. The van der Waals surface area contributed by atoms with Crippen LogP contribution in [-0.2, 0) is 7.05 Å². The molecule has 0 aliphatic rings. The number of H-pyrrole nitrogens is 1. The van der Waals surface area contributed by atoms with Crippen LogP contribution in [0, 0.1) is 4.77 Å². The lowest BCUT2D eigenvalue weighted by Crippen LogP contribution is -1.90. The van der Waals surface area contributed by atoms with Gasteiger partial charge in [0.15, 0.2) is 16.4 Å². The highest BCUT2D eigenvalue weighted by atomic mass is 35.5. The molecule has 0 fully saturated rings. The SMILES string of the molecule is Cn1c(-c2cc3cc(Cl)ccc3o2)n[nH]c1=S. The Morgan fingerprint density at radius 1 is 1.41 bits per heavy atom. The minimum Gasteiger partial charge on any atom is -0.453 e. The zero-order chi connectivity index (χ0) is 12.0. The van der Waals surface area contributed by atoms with Gasteiger partial charge in [-0.25, -0.2) is 0 Å². The van der Waals surface area contributed by atoms with Gasteiger partial charge in [0.2, 0.25) is 0 Å². The first-order chi connectivity index (χ1) is 8.15. The summed E-state index contributed by atoms with van der Waals surface area (Å²) in [6.45, 7) is 0. The number of nitrogens with one attached hydrogen (secondary N) is 1. The van der Waals surface area contributed by atoms with E-state index in [0.717, 1.165) is 11.0 Å². The Morgan fingerprint density at radius 2 is 2.24 bits per heavy atom. The highest BCUT2D eigenvalue weighted by Gasteiger charge is 2.11. The molecule has 0 saturated heterocycles. The van der Waals surface area contributed by atoms with Crippen molar-refractivity contribution in [2.45, 2.75) is 0 Å². The Morgan fingerprint density at radius 3 is 2.94 bits per heavy atom. The molecule has 0 aliphatic carbocycles. The van der Waals surface area contributed by atoms with Gasteiger partial charge in [0.25, 0.3) is 0 Å². The van der Waals surface area contributed by atoms with Gasteiger partial charge in [-0.15, -0.1) is 0 Å². The summed E-state index contributed by atoms with van der Waals surface area (Å²) >= 11 is 11.0. The number of rotatable bonds is 1. The molecular formula is C11H8ClN3OS. The van der Waals surface area contributed by atoms with Crippen LogP contribution in [0.2, 0.25) is 5.02 Å². The van der Waals surface area contributed by atoms with Crippen LogP contribution in [0.5, 0.6) is 0 Å². The van der Waals surface area contributed by atoms with E-state index < -0.39 is 0 Å². The first-order valence-electron chi connectivity index (χ1n) is 4.96. The molecule has 17 heavy (non-hydrogen) atoms. The van der Waals surface area contributed by atoms with Crippen molar-refractivity contribution in [2.24, 2.45) is 7.05 Å². The van der Waals surface area contributed by atoms with Crippen molar-refractivity contribution in [1.82, 2.24) is 14.8 Å². The second-order valence-electron chi connectivity index (χ2n) is 3.70. The number of aromatic amines is 1. The summed E-state index contributed by atoms with van der Waals surface area (Å²) in [5, 5.41) is 8.47. The fraction of sp³-hybridized carbons (Fsp3) is 0.0909. The number of furan rings is 1. The molecule has 0 bridgehead atoms. The zero-order valence-electron chi connectivity index (χ0n) is 8.90. The number of halogens is 1. The van der Waals surface area contributed by atoms with E-state index in [4.69, 9.17) is 28.2 Å². The Bertz CT molecular complexity index is 756. The van der Waals surface area contributed by atoms with Crippen LogP contribution in [0.4, 0.5) is 0 Å². The van der Waals surface area contributed by atoms with E-state index >= 15 is 0 Å². The largest absolute Gasteiger partial charge is 0.453 e. The van der Waals surface area contributed by atoms with Crippen LogP contribution in [0.1, 0.15) is 0 Å². The molecule has 0 atom stereocenters. The average molecular weight is 266 g/mol. The second kappa shape index (κ2) is 3.72. The number of nitrogens with zero attached hydrogens (tertiary/aromatic N) is 2. The molecule has 2 aromatic heterocycles. The molecule has 1 aromatic carbocycles. The first kappa shape index (κ1) is 10.6. The average Bonchev–Trinajstić information content (AvgIpc) is 2.83. The fourth-order valence-corrected chi connectivity index (χ4v) is 2.00. The first-order valence-corrected chi connectivity index (χ1v) is 5.74. The smallest absolute Gasteiger partial charge is 0.198 e. The Hall–Kier alpha value is -1.59. The van der Waals surface area contributed by atoms with Gasteiger partial charge < -0.3 is 8.98 Å². The fourth-order valence-electron chi connectivity index (χ4n) is 1.69. The lowest BCUT2D eigenvalue weighted by atomic mass is 10.2. The molecule has 0 radical (unpaired) electrons. The van der Waals surface area contributed by atoms with Gasteiger partial charge in [-0.3, -0.25) is 5.10 Å². The Balaban J connectivity index is 2.25. The van der Waals surface area contributed by atoms with E-state index in [1.807, 2.05) is 25.2 Å². The van der Waals surface area contributed by atoms with Crippen LogP contribution in [0.25, 0.3) is 22.6 Å². The van der Waals surface area contributed by atoms with Crippen LogP contribution in [-0.4, -0.2) is 14.8 Å². The third-order valence-corrected chi connectivity index (χ3v) is 3.18. The maximum atomic E-state index is 5.92. The van der Waals surface area contributed by atoms with Gasteiger partial charge >= 0.3 is 0 Å². The monoisotopic (exact) mass is 265 g/mol. The summed E-state index contributed by atoms with van der Waals surface area (Å²) in [6, 6.07) is 7.37. The van der Waals surface area contributed by atoms with Gasteiger partial charge in [0, 0.05) is 17.5 Å². The van der Waals surface area contributed by atoms with Crippen LogP contribution in [0.3, 0.4) is 0 Å². The normalized spacial score (nSPS) is 11.2. The molecule has 0 spiro atoms. The summed E-state index contributed by atoms with van der Waals surface area (Å²) in [5.74, 6) is 1.33. The summed E-state index contributed by atoms with van der Waals surface area (Å²) in [5.41, 5.74) is 0.776. The zero-order valence-corrected chi connectivity index (χ0v) is 10.5. The van der Waals surface area contributed by atoms with Crippen LogP contribution in [0.15, 0.2) is 28.7 Å². The highest BCUT2D eigenvalue weighted by molar-refractivity contribution is 7.71. The molecule has 2 heterocycles. The molecule has 4 nitrogen and oxygen atoms in total. The standard InChI is InChI=1S/C11H8ClN3OS/c1-15-10(13-14-11(15)17)9-5-6-4-7(12)2-3-8(6)16-9/h2-5H,1H3,(H,14,17). The summed E-state index contributed by atoms with van der Waals surface area (Å²) in [4.78, 5) is 0. The third kappa shape index (κ3) is 1.67. The highest BCUT2D eigenvalue weighted by Crippen LogP contribution is 2.28. The predicted octanol–water partition coefficient (Wildman–Crippen LogP) is 3.54. The molecule has 0 amide bonds. The minimum atomic E-state index is 0.554. The van der Waals surface area contributed by atoms with Gasteiger partial charge in [-0.2, -0.15) is 5.10 Å². The molecule has 0 aliphatic heterocycles. The van der Waals surface area contributed by atoms with E-state index in [1.165, 1.54) is 0 Å².